The lowest BCUT2D eigenvalue weighted by Gasteiger charge is -2.18. The van der Waals surface area contributed by atoms with Gasteiger partial charge in [0.05, 0.1) is 24.4 Å². The summed E-state index contributed by atoms with van der Waals surface area (Å²) in [5.74, 6) is -2.30. The van der Waals surface area contributed by atoms with Crippen LogP contribution in [0.15, 0.2) is 36.7 Å². The molecular weight excluding hydrogens is 355 g/mol. The van der Waals surface area contributed by atoms with Gasteiger partial charge in [0.1, 0.15) is 11.4 Å². The first-order valence-corrected chi connectivity index (χ1v) is 7.31. The van der Waals surface area contributed by atoms with Crippen LogP contribution in [0.5, 0.6) is 5.75 Å². The monoisotopic (exact) mass is 369 g/mol. The fourth-order valence-electron chi connectivity index (χ4n) is 2.07. The summed E-state index contributed by atoms with van der Waals surface area (Å²) in [7, 11) is 0. The van der Waals surface area contributed by atoms with Crippen LogP contribution >= 0.6 is 0 Å². The minimum absolute atomic E-state index is 0.0111. The van der Waals surface area contributed by atoms with E-state index in [0.717, 1.165) is 12.1 Å². The Morgan fingerprint density at radius 3 is 2.35 bits per heavy atom. The molecule has 1 atom stereocenters. The number of amides is 1. The van der Waals surface area contributed by atoms with Gasteiger partial charge in [-0.3, -0.25) is 14.6 Å². The number of halogens is 3. The van der Waals surface area contributed by atoms with Gasteiger partial charge < -0.3 is 15.2 Å². The smallest absolute Gasteiger partial charge is 0.481 e. The van der Waals surface area contributed by atoms with E-state index < -0.39 is 36.5 Å². The van der Waals surface area contributed by atoms with E-state index in [0.29, 0.717) is 11.3 Å². The van der Waals surface area contributed by atoms with Gasteiger partial charge in [-0.1, -0.05) is 12.1 Å². The van der Waals surface area contributed by atoms with E-state index in [1.54, 1.807) is 6.92 Å². The summed E-state index contributed by atoms with van der Waals surface area (Å²) in [4.78, 5) is 31.1. The van der Waals surface area contributed by atoms with Crippen molar-refractivity contribution in [2.24, 2.45) is 0 Å². The molecule has 1 aromatic heterocycles. The van der Waals surface area contributed by atoms with Crippen molar-refractivity contribution >= 4 is 11.9 Å². The van der Waals surface area contributed by atoms with E-state index in [4.69, 9.17) is 5.11 Å². The van der Waals surface area contributed by atoms with Crippen molar-refractivity contribution in [3.8, 4) is 5.75 Å². The molecule has 0 bridgehead atoms. The van der Waals surface area contributed by atoms with Crippen molar-refractivity contribution in [3.05, 3.63) is 53.6 Å². The number of aryl methyl sites for hydroxylation is 1. The summed E-state index contributed by atoms with van der Waals surface area (Å²) < 4.78 is 40.3. The van der Waals surface area contributed by atoms with Crippen LogP contribution in [0.1, 0.15) is 34.2 Å². The second kappa shape index (κ2) is 7.81. The second-order valence-electron chi connectivity index (χ2n) is 5.28. The Labute approximate surface area is 145 Å². The number of carboxylic acid groups (broad SMARTS) is 1. The number of hydrogen-bond acceptors (Lipinski definition) is 5. The zero-order valence-corrected chi connectivity index (χ0v) is 13.4. The quantitative estimate of drug-likeness (QED) is 0.812. The predicted octanol–water partition coefficient (Wildman–Crippen LogP) is 2.63. The van der Waals surface area contributed by atoms with Gasteiger partial charge in [0.25, 0.3) is 5.91 Å². The Hall–Kier alpha value is -3.17. The normalized spacial score (nSPS) is 12.3. The molecule has 2 N–H and O–H groups in total. The van der Waals surface area contributed by atoms with Crippen LogP contribution in [0.25, 0.3) is 0 Å². The molecule has 7 nitrogen and oxygen atoms in total. The lowest BCUT2D eigenvalue weighted by molar-refractivity contribution is -0.274. The zero-order chi connectivity index (χ0) is 19.3. The number of ether oxygens (including phenoxy) is 1. The molecule has 2 aromatic rings. The number of carboxylic acids is 1. The summed E-state index contributed by atoms with van der Waals surface area (Å²) in [6, 6.07) is 3.60. The van der Waals surface area contributed by atoms with E-state index in [1.807, 2.05) is 0 Å². The first-order valence-electron chi connectivity index (χ1n) is 7.31. The van der Waals surface area contributed by atoms with Crippen LogP contribution in [-0.4, -0.2) is 33.3 Å². The first kappa shape index (κ1) is 19.2. The molecule has 1 amide bonds. The number of benzene rings is 1. The molecule has 0 saturated heterocycles. The van der Waals surface area contributed by atoms with Gasteiger partial charge in [-0.2, -0.15) is 0 Å². The average molecular weight is 369 g/mol. The van der Waals surface area contributed by atoms with Gasteiger partial charge in [-0.25, -0.2) is 4.98 Å². The highest BCUT2D eigenvalue weighted by molar-refractivity contribution is 5.92. The summed E-state index contributed by atoms with van der Waals surface area (Å²) in [6.07, 6.45) is -2.68. The SMILES string of the molecule is Cc1cnc(C(=O)NC(CC(=O)O)c2ccc(OC(F)(F)F)cc2)cn1. The van der Waals surface area contributed by atoms with E-state index in [1.165, 1.54) is 24.5 Å². The summed E-state index contributed by atoms with van der Waals surface area (Å²) in [5, 5.41) is 11.5. The molecule has 0 saturated carbocycles. The van der Waals surface area contributed by atoms with Crippen LogP contribution in [0, 0.1) is 6.92 Å². The van der Waals surface area contributed by atoms with E-state index >= 15 is 0 Å². The molecule has 138 valence electrons. The predicted molar refractivity (Wildman–Crippen MR) is 82.4 cm³/mol. The Bertz CT molecular complexity index is 777. The third kappa shape index (κ3) is 5.72. The third-order valence-electron chi connectivity index (χ3n) is 3.21. The highest BCUT2D eigenvalue weighted by atomic mass is 19.4. The molecule has 1 aromatic carbocycles. The Morgan fingerprint density at radius 1 is 1.19 bits per heavy atom. The van der Waals surface area contributed by atoms with Crippen LogP contribution in [0.3, 0.4) is 0 Å². The maximum Gasteiger partial charge on any atom is 0.573 e. The van der Waals surface area contributed by atoms with Gasteiger partial charge in [-0.15, -0.1) is 13.2 Å². The molecule has 0 spiro atoms. The Kier molecular flexibility index (Phi) is 5.75. The number of aromatic nitrogens is 2. The fraction of sp³-hybridized carbons (Fsp3) is 0.250. The standard InChI is InChI=1S/C16H14F3N3O4/c1-9-7-21-13(8-20-9)15(25)22-12(6-14(23)24)10-2-4-11(5-3-10)26-16(17,18)19/h2-5,7-8,12H,6H2,1H3,(H,22,25)(H,23,24). The van der Waals surface area contributed by atoms with Crippen molar-refractivity contribution in [1.82, 2.24) is 15.3 Å². The van der Waals surface area contributed by atoms with E-state index in [-0.39, 0.29) is 5.69 Å². The van der Waals surface area contributed by atoms with Crippen LogP contribution in [0.4, 0.5) is 13.2 Å². The molecule has 2 rings (SSSR count). The van der Waals surface area contributed by atoms with Crippen molar-refractivity contribution in [3.63, 3.8) is 0 Å². The number of nitrogens with zero attached hydrogens (tertiary/aromatic N) is 2. The van der Waals surface area contributed by atoms with Crippen molar-refractivity contribution < 1.29 is 32.6 Å². The first-order chi connectivity index (χ1) is 12.1. The summed E-state index contributed by atoms with van der Waals surface area (Å²) in [5.41, 5.74) is 0.891. The summed E-state index contributed by atoms with van der Waals surface area (Å²) in [6.45, 7) is 1.69. The third-order valence-corrected chi connectivity index (χ3v) is 3.21. The van der Waals surface area contributed by atoms with Crippen LogP contribution < -0.4 is 10.1 Å². The lowest BCUT2D eigenvalue weighted by Crippen LogP contribution is -2.31. The van der Waals surface area contributed by atoms with Gasteiger partial charge in [0.2, 0.25) is 0 Å². The molecule has 0 fully saturated rings. The molecule has 1 unspecified atom stereocenters. The number of nitrogens with one attached hydrogen (secondary N) is 1. The average Bonchev–Trinajstić information content (AvgIpc) is 2.53. The van der Waals surface area contributed by atoms with Gasteiger partial charge in [-0.05, 0) is 24.6 Å². The summed E-state index contributed by atoms with van der Waals surface area (Å²) >= 11 is 0. The Balaban J connectivity index is 2.17. The number of carbonyl (C=O) groups is 2. The largest absolute Gasteiger partial charge is 0.573 e. The number of rotatable bonds is 6. The van der Waals surface area contributed by atoms with E-state index in [2.05, 4.69) is 20.0 Å². The molecule has 0 aliphatic carbocycles. The molecule has 0 aliphatic heterocycles. The van der Waals surface area contributed by atoms with Crippen molar-refractivity contribution in [1.29, 1.82) is 0 Å². The second-order valence-corrected chi connectivity index (χ2v) is 5.28. The van der Waals surface area contributed by atoms with Crippen LogP contribution in [-0.2, 0) is 4.79 Å². The van der Waals surface area contributed by atoms with Crippen molar-refractivity contribution in [2.75, 3.05) is 0 Å². The lowest BCUT2D eigenvalue weighted by atomic mass is 10.0. The van der Waals surface area contributed by atoms with Crippen molar-refractivity contribution in [2.45, 2.75) is 25.7 Å². The molecule has 1 heterocycles. The van der Waals surface area contributed by atoms with Gasteiger partial charge in [0, 0.05) is 6.20 Å². The Morgan fingerprint density at radius 2 is 1.85 bits per heavy atom. The highest BCUT2D eigenvalue weighted by Crippen LogP contribution is 2.25. The van der Waals surface area contributed by atoms with E-state index in [9.17, 15) is 22.8 Å². The zero-order valence-electron chi connectivity index (χ0n) is 13.4. The molecule has 0 aliphatic rings. The number of aliphatic carboxylic acids is 1. The highest BCUT2D eigenvalue weighted by Gasteiger charge is 2.31. The topological polar surface area (TPSA) is 101 Å². The van der Waals surface area contributed by atoms with Gasteiger partial charge in [0.15, 0.2) is 0 Å². The fourth-order valence-corrected chi connectivity index (χ4v) is 2.07. The minimum atomic E-state index is -4.83. The molecule has 26 heavy (non-hydrogen) atoms. The minimum Gasteiger partial charge on any atom is -0.481 e. The maximum atomic E-state index is 12.2. The van der Waals surface area contributed by atoms with Gasteiger partial charge >= 0.3 is 12.3 Å². The molecule has 0 radical (unpaired) electrons. The number of carbonyl (C=O) groups excluding carboxylic acids is 1. The number of hydrogen-bond donors (Lipinski definition) is 2. The van der Waals surface area contributed by atoms with Crippen LogP contribution in [0.2, 0.25) is 0 Å². The number of alkyl halides is 3. The molecular formula is C16H14F3N3O4. The maximum absolute atomic E-state index is 12.2. The molecule has 10 heteroatoms.